The van der Waals surface area contributed by atoms with E-state index in [1.54, 1.807) is 26.4 Å². The molecule has 0 bridgehead atoms. The molecule has 0 aliphatic carbocycles. The molecule has 0 fully saturated rings. The molecule has 4 nitrogen and oxygen atoms in total. The van der Waals surface area contributed by atoms with Gasteiger partial charge in [0.15, 0.2) is 11.5 Å². The van der Waals surface area contributed by atoms with Crippen LogP contribution in [0.25, 0.3) is 0 Å². The highest BCUT2D eigenvalue weighted by atomic mass is 32.1. The first-order valence-corrected chi connectivity index (χ1v) is 6.49. The van der Waals surface area contributed by atoms with Gasteiger partial charge < -0.3 is 19.9 Å². The van der Waals surface area contributed by atoms with Crippen LogP contribution in [0.3, 0.4) is 0 Å². The van der Waals surface area contributed by atoms with E-state index in [0.29, 0.717) is 18.0 Å². The third kappa shape index (κ3) is 4.08. The van der Waals surface area contributed by atoms with Gasteiger partial charge in [0.25, 0.3) is 0 Å². The molecule has 102 valence electrons. The molecule has 0 saturated carbocycles. The summed E-state index contributed by atoms with van der Waals surface area (Å²) in [5.41, 5.74) is 0.798. The van der Waals surface area contributed by atoms with Gasteiger partial charge >= 0.3 is 0 Å². The van der Waals surface area contributed by atoms with E-state index in [4.69, 9.17) is 9.47 Å². The van der Waals surface area contributed by atoms with Crippen LogP contribution in [0.2, 0.25) is 0 Å². The van der Waals surface area contributed by atoms with Crippen molar-refractivity contribution in [2.24, 2.45) is 0 Å². The highest BCUT2D eigenvalue weighted by Gasteiger charge is 2.12. The molecule has 1 aromatic rings. The topological polar surface area (TPSA) is 50.7 Å². The van der Waals surface area contributed by atoms with Crippen LogP contribution in [-0.2, 0) is 0 Å². The Morgan fingerprint density at radius 2 is 1.94 bits per heavy atom. The summed E-state index contributed by atoms with van der Waals surface area (Å²) in [5.74, 6) is 2.01. The third-order valence-corrected chi connectivity index (χ3v) is 3.27. The predicted octanol–water partition coefficient (Wildman–Crippen LogP) is 1.65. The number of aliphatic hydroxyl groups is 1. The van der Waals surface area contributed by atoms with Crippen molar-refractivity contribution in [3.05, 3.63) is 23.8 Å². The number of thiol groups is 1. The van der Waals surface area contributed by atoms with Gasteiger partial charge in [-0.15, -0.1) is 0 Å². The normalized spacial score (nSPS) is 14.1. The van der Waals surface area contributed by atoms with Gasteiger partial charge in [0.2, 0.25) is 0 Å². The molecule has 0 amide bonds. The van der Waals surface area contributed by atoms with Crippen molar-refractivity contribution < 1.29 is 14.6 Å². The Labute approximate surface area is 114 Å². The maximum absolute atomic E-state index is 10.1. The Bertz CT molecular complexity index is 373. The monoisotopic (exact) mass is 271 g/mol. The lowest BCUT2D eigenvalue weighted by Crippen LogP contribution is -2.31. The quantitative estimate of drug-likeness (QED) is 0.660. The summed E-state index contributed by atoms with van der Waals surface area (Å²) < 4.78 is 10.4. The first kappa shape index (κ1) is 15.1. The molecular formula is C13H21NO3S. The lowest BCUT2D eigenvalue weighted by Gasteiger charge is -2.17. The van der Waals surface area contributed by atoms with Gasteiger partial charge in [-0.3, -0.25) is 0 Å². The minimum Gasteiger partial charge on any atom is -0.493 e. The second-order valence-electron chi connectivity index (χ2n) is 4.12. The molecule has 1 rings (SSSR count). The maximum Gasteiger partial charge on any atom is 0.161 e. The van der Waals surface area contributed by atoms with Crippen LogP contribution in [0.4, 0.5) is 0 Å². The van der Waals surface area contributed by atoms with E-state index >= 15 is 0 Å². The highest BCUT2D eigenvalue weighted by molar-refractivity contribution is 7.80. The Morgan fingerprint density at radius 3 is 2.50 bits per heavy atom. The molecule has 2 atom stereocenters. The van der Waals surface area contributed by atoms with E-state index in [1.165, 1.54) is 0 Å². The molecule has 0 saturated heterocycles. The average molecular weight is 271 g/mol. The molecule has 0 radical (unpaired) electrons. The number of ether oxygens (including phenoxy) is 2. The number of methoxy groups -OCH3 is 2. The summed E-state index contributed by atoms with van der Waals surface area (Å²) >= 11 is 4.18. The molecule has 5 heteroatoms. The highest BCUT2D eigenvalue weighted by Crippen LogP contribution is 2.29. The maximum atomic E-state index is 10.1. The van der Waals surface area contributed by atoms with Crippen LogP contribution in [-0.4, -0.2) is 37.7 Å². The lowest BCUT2D eigenvalue weighted by molar-refractivity contribution is 0.171. The summed E-state index contributed by atoms with van der Waals surface area (Å²) in [7, 11) is 3.17. The zero-order chi connectivity index (χ0) is 13.5. The molecule has 0 aliphatic heterocycles. The standard InChI is InChI=1S/C13H21NO3S/c1-9(8-18)14-7-11(15)10-4-5-12(16-2)13(6-10)17-3/h4-6,9,11,14-15,18H,7-8H2,1-3H3. The number of benzene rings is 1. The van der Waals surface area contributed by atoms with Gasteiger partial charge in [-0.2, -0.15) is 12.6 Å². The van der Waals surface area contributed by atoms with E-state index in [9.17, 15) is 5.11 Å². The molecule has 0 heterocycles. The number of rotatable bonds is 7. The van der Waals surface area contributed by atoms with Crippen molar-refractivity contribution in [2.45, 2.75) is 19.1 Å². The smallest absolute Gasteiger partial charge is 0.161 e. The van der Waals surface area contributed by atoms with E-state index < -0.39 is 6.10 Å². The largest absolute Gasteiger partial charge is 0.493 e. The number of hydrogen-bond acceptors (Lipinski definition) is 5. The van der Waals surface area contributed by atoms with Crippen molar-refractivity contribution >= 4 is 12.6 Å². The van der Waals surface area contributed by atoms with Gasteiger partial charge in [0, 0.05) is 18.3 Å². The molecule has 0 spiro atoms. The Balaban J connectivity index is 2.70. The van der Waals surface area contributed by atoms with Crippen LogP contribution in [0.1, 0.15) is 18.6 Å². The Morgan fingerprint density at radius 1 is 1.28 bits per heavy atom. The fourth-order valence-corrected chi connectivity index (χ4v) is 1.68. The first-order valence-electron chi connectivity index (χ1n) is 5.86. The van der Waals surface area contributed by atoms with Gasteiger partial charge in [0.1, 0.15) is 0 Å². The minimum atomic E-state index is -0.577. The fraction of sp³-hybridized carbons (Fsp3) is 0.538. The van der Waals surface area contributed by atoms with Crippen molar-refractivity contribution in [1.82, 2.24) is 5.32 Å². The summed E-state index contributed by atoms with van der Waals surface area (Å²) in [6.45, 7) is 2.51. The SMILES string of the molecule is COc1ccc(C(O)CNC(C)CS)cc1OC. The van der Waals surface area contributed by atoms with Crippen molar-refractivity contribution in [3.63, 3.8) is 0 Å². The van der Waals surface area contributed by atoms with Gasteiger partial charge in [0.05, 0.1) is 20.3 Å². The van der Waals surface area contributed by atoms with Crippen molar-refractivity contribution in [3.8, 4) is 11.5 Å². The van der Waals surface area contributed by atoms with E-state index in [0.717, 1.165) is 11.3 Å². The third-order valence-electron chi connectivity index (χ3n) is 2.73. The minimum absolute atomic E-state index is 0.267. The molecule has 2 unspecified atom stereocenters. The van der Waals surface area contributed by atoms with Crippen LogP contribution >= 0.6 is 12.6 Å². The predicted molar refractivity (Wildman–Crippen MR) is 75.8 cm³/mol. The van der Waals surface area contributed by atoms with Gasteiger partial charge in [-0.25, -0.2) is 0 Å². The molecule has 0 aliphatic rings. The second kappa shape index (κ2) is 7.51. The summed E-state index contributed by atoms with van der Waals surface area (Å²) in [6.07, 6.45) is -0.577. The molecule has 2 N–H and O–H groups in total. The van der Waals surface area contributed by atoms with E-state index in [1.807, 2.05) is 13.0 Å². The molecule has 18 heavy (non-hydrogen) atoms. The molecule has 1 aromatic carbocycles. The van der Waals surface area contributed by atoms with Gasteiger partial charge in [-0.1, -0.05) is 6.07 Å². The summed E-state index contributed by atoms with van der Waals surface area (Å²) in [6, 6.07) is 5.68. The summed E-state index contributed by atoms with van der Waals surface area (Å²) in [4.78, 5) is 0. The first-order chi connectivity index (χ1) is 8.62. The lowest BCUT2D eigenvalue weighted by atomic mass is 10.1. The molecular weight excluding hydrogens is 250 g/mol. The van der Waals surface area contributed by atoms with Crippen LogP contribution in [0, 0.1) is 0 Å². The van der Waals surface area contributed by atoms with Crippen LogP contribution in [0.5, 0.6) is 11.5 Å². The zero-order valence-electron chi connectivity index (χ0n) is 11.0. The second-order valence-corrected chi connectivity index (χ2v) is 4.49. The Hall–Kier alpha value is -0.910. The van der Waals surface area contributed by atoms with E-state index in [2.05, 4.69) is 17.9 Å². The molecule has 0 aromatic heterocycles. The zero-order valence-corrected chi connectivity index (χ0v) is 11.9. The number of nitrogens with one attached hydrogen (secondary N) is 1. The van der Waals surface area contributed by atoms with Crippen molar-refractivity contribution in [2.75, 3.05) is 26.5 Å². The van der Waals surface area contributed by atoms with Gasteiger partial charge in [-0.05, 0) is 24.6 Å². The van der Waals surface area contributed by atoms with E-state index in [-0.39, 0.29) is 6.04 Å². The fourth-order valence-electron chi connectivity index (χ4n) is 1.56. The van der Waals surface area contributed by atoms with Crippen molar-refractivity contribution in [1.29, 1.82) is 0 Å². The van der Waals surface area contributed by atoms with Crippen LogP contribution < -0.4 is 14.8 Å². The summed E-state index contributed by atoms with van der Waals surface area (Å²) in [5, 5.41) is 13.3. The van der Waals surface area contributed by atoms with Crippen LogP contribution in [0.15, 0.2) is 18.2 Å². The number of aliphatic hydroxyl groups excluding tert-OH is 1. The number of hydrogen-bond donors (Lipinski definition) is 3. The Kier molecular flexibility index (Phi) is 6.32. The average Bonchev–Trinajstić information content (AvgIpc) is 2.43.